The Morgan fingerprint density at radius 2 is 1.77 bits per heavy atom. The number of aromatic nitrogens is 2. The van der Waals surface area contributed by atoms with E-state index in [-0.39, 0.29) is 17.8 Å². The van der Waals surface area contributed by atoms with Crippen LogP contribution < -0.4 is 5.32 Å². The summed E-state index contributed by atoms with van der Waals surface area (Å²) in [6.07, 6.45) is 0. The number of non-ortho nitro benzene ring substituents is 1. The third kappa shape index (κ3) is 3.89. The molecule has 0 aliphatic carbocycles. The van der Waals surface area contributed by atoms with Gasteiger partial charge in [0, 0.05) is 28.8 Å². The van der Waals surface area contributed by atoms with E-state index in [0.717, 1.165) is 5.56 Å². The zero-order chi connectivity index (χ0) is 18.7. The lowest BCUT2D eigenvalue weighted by molar-refractivity contribution is -0.384. The molecule has 1 heterocycles. The molecule has 0 saturated carbocycles. The van der Waals surface area contributed by atoms with Crippen molar-refractivity contribution in [2.24, 2.45) is 0 Å². The predicted octanol–water partition coefficient (Wildman–Crippen LogP) is 4.71. The highest BCUT2D eigenvalue weighted by atomic mass is 35.5. The van der Waals surface area contributed by atoms with E-state index in [1.54, 1.807) is 12.1 Å². The van der Waals surface area contributed by atoms with Gasteiger partial charge in [-0.15, -0.1) is 10.2 Å². The summed E-state index contributed by atoms with van der Waals surface area (Å²) in [4.78, 5) is 10.3. The lowest BCUT2D eigenvalue weighted by atomic mass is 10.1. The molecule has 2 unspecified atom stereocenters. The second kappa shape index (κ2) is 7.63. The van der Waals surface area contributed by atoms with Crippen molar-refractivity contribution >= 4 is 17.3 Å². The molecule has 7 nitrogen and oxygen atoms in total. The van der Waals surface area contributed by atoms with Crippen molar-refractivity contribution < 1.29 is 9.34 Å². The van der Waals surface area contributed by atoms with Gasteiger partial charge in [-0.25, -0.2) is 0 Å². The fourth-order valence-electron chi connectivity index (χ4n) is 2.61. The van der Waals surface area contributed by atoms with Crippen molar-refractivity contribution in [2.45, 2.75) is 25.9 Å². The van der Waals surface area contributed by atoms with Crippen molar-refractivity contribution in [3.05, 3.63) is 75.1 Å². The maximum atomic E-state index is 10.7. The number of nitro benzene ring substituents is 1. The number of halogens is 1. The quantitative estimate of drug-likeness (QED) is 0.497. The van der Waals surface area contributed by atoms with Crippen LogP contribution in [0.25, 0.3) is 11.5 Å². The first-order chi connectivity index (χ1) is 12.5. The van der Waals surface area contributed by atoms with Crippen LogP contribution in [0.15, 0.2) is 52.9 Å². The zero-order valence-electron chi connectivity index (χ0n) is 14.2. The number of hydrogen-bond donors (Lipinski definition) is 1. The molecule has 0 radical (unpaired) electrons. The Morgan fingerprint density at radius 1 is 1.08 bits per heavy atom. The molecule has 3 aromatic rings. The van der Waals surface area contributed by atoms with Crippen LogP contribution in [-0.2, 0) is 0 Å². The summed E-state index contributed by atoms with van der Waals surface area (Å²) in [7, 11) is 0. The molecule has 0 bridgehead atoms. The van der Waals surface area contributed by atoms with E-state index in [4.69, 9.17) is 16.0 Å². The molecule has 0 spiro atoms. The van der Waals surface area contributed by atoms with Crippen molar-refractivity contribution in [2.75, 3.05) is 0 Å². The Hall–Kier alpha value is -2.77. The summed E-state index contributed by atoms with van der Waals surface area (Å²) in [6, 6.07) is 13.4. The van der Waals surface area contributed by atoms with E-state index in [1.165, 1.54) is 12.1 Å². The van der Waals surface area contributed by atoms with Crippen molar-refractivity contribution in [3.63, 3.8) is 0 Å². The van der Waals surface area contributed by atoms with Gasteiger partial charge in [0.1, 0.15) is 0 Å². The van der Waals surface area contributed by atoms with Crippen LogP contribution in [0.5, 0.6) is 0 Å². The zero-order valence-corrected chi connectivity index (χ0v) is 15.0. The number of nitrogens with one attached hydrogen (secondary N) is 1. The van der Waals surface area contributed by atoms with Gasteiger partial charge in [0.25, 0.3) is 5.69 Å². The van der Waals surface area contributed by atoms with Gasteiger partial charge in [0.15, 0.2) is 0 Å². The summed E-state index contributed by atoms with van der Waals surface area (Å²) in [5.74, 6) is 0.742. The Bertz CT molecular complexity index is 911. The first-order valence-corrected chi connectivity index (χ1v) is 8.42. The summed E-state index contributed by atoms with van der Waals surface area (Å²) >= 11 is 6.23. The van der Waals surface area contributed by atoms with E-state index in [1.807, 2.05) is 38.1 Å². The topological polar surface area (TPSA) is 94.1 Å². The highest BCUT2D eigenvalue weighted by Gasteiger charge is 2.19. The molecule has 2 atom stereocenters. The Morgan fingerprint density at radius 3 is 2.42 bits per heavy atom. The van der Waals surface area contributed by atoms with Gasteiger partial charge in [-0.2, -0.15) is 0 Å². The monoisotopic (exact) mass is 372 g/mol. The van der Waals surface area contributed by atoms with E-state index in [0.29, 0.717) is 22.4 Å². The normalized spacial score (nSPS) is 13.3. The fraction of sp³-hybridized carbons (Fsp3) is 0.222. The first-order valence-electron chi connectivity index (χ1n) is 8.04. The van der Waals surface area contributed by atoms with Crippen molar-refractivity contribution in [1.29, 1.82) is 0 Å². The molecule has 134 valence electrons. The van der Waals surface area contributed by atoms with E-state index < -0.39 is 4.92 Å². The molecule has 1 aromatic heterocycles. The molecule has 26 heavy (non-hydrogen) atoms. The SMILES string of the molecule is CC(NC(C)c1ccccc1Cl)c1nnc(-c2ccc([N+](=O)[O-])cc2)o1. The van der Waals surface area contributed by atoms with Gasteiger partial charge in [0.05, 0.1) is 11.0 Å². The van der Waals surface area contributed by atoms with Crippen LogP contribution in [0.1, 0.15) is 37.4 Å². The Labute approximate surface area is 155 Å². The molecule has 0 aliphatic rings. The Kier molecular flexibility index (Phi) is 5.29. The molecule has 8 heteroatoms. The third-order valence-corrected chi connectivity index (χ3v) is 4.35. The molecule has 1 N–H and O–H groups in total. The highest BCUT2D eigenvalue weighted by molar-refractivity contribution is 6.31. The number of benzene rings is 2. The number of nitro groups is 1. The first kappa shape index (κ1) is 18.0. The minimum atomic E-state index is -0.453. The van der Waals surface area contributed by atoms with Gasteiger partial charge < -0.3 is 4.42 Å². The molecule has 0 aliphatic heterocycles. The van der Waals surface area contributed by atoms with E-state index in [9.17, 15) is 10.1 Å². The van der Waals surface area contributed by atoms with Crippen LogP contribution in [0.2, 0.25) is 5.02 Å². The van der Waals surface area contributed by atoms with Crippen molar-refractivity contribution in [1.82, 2.24) is 15.5 Å². The molecule has 3 rings (SSSR count). The fourth-order valence-corrected chi connectivity index (χ4v) is 2.91. The molecule has 0 amide bonds. The minimum Gasteiger partial charge on any atom is -0.419 e. The van der Waals surface area contributed by atoms with Crippen LogP contribution in [-0.4, -0.2) is 15.1 Å². The second-order valence-corrected chi connectivity index (χ2v) is 6.29. The maximum Gasteiger partial charge on any atom is 0.269 e. The van der Waals surface area contributed by atoms with Gasteiger partial charge >= 0.3 is 0 Å². The highest BCUT2D eigenvalue weighted by Crippen LogP contribution is 2.26. The van der Waals surface area contributed by atoms with Crippen LogP contribution >= 0.6 is 11.6 Å². The molecular weight excluding hydrogens is 356 g/mol. The maximum absolute atomic E-state index is 10.7. The Balaban J connectivity index is 1.72. The third-order valence-electron chi connectivity index (χ3n) is 4.01. The van der Waals surface area contributed by atoms with Crippen LogP contribution in [0.4, 0.5) is 5.69 Å². The molecular formula is C18H17ClN4O3. The van der Waals surface area contributed by atoms with Crippen molar-refractivity contribution in [3.8, 4) is 11.5 Å². The van der Waals surface area contributed by atoms with Crippen LogP contribution in [0, 0.1) is 10.1 Å². The number of rotatable bonds is 6. The van der Waals surface area contributed by atoms with Gasteiger partial charge in [-0.05, 0) is 37.6 Å². The lowest BCUT2D eigenvalue weighted by Crippen LogP contribution is -2.23. The average Bonchev–Trinajstić information content (AvgIpc) is 3.12. The predicted molar refractivity (Wildman–Crippen MR) is 97.8 cm³/mol. The summed E-state index contributed by atoms with van der Waals surface area (Å²) < 4.78 is 5.71. The van der Waals surface area contributed by atoms with E-state index in [2.05, 4.69) is 15.5 Å². The van der Waals surface area contributed by atoms with Gasteiger partial charge in [-0.1, -0.05) is 29.8 Å². The lowest BCUT2D eigenvalue weighted by Gasteiger charge is -2.18. The largest absolute Gasteiger partial charge is 0.419 e. The summed E-state index contributed by atoms with van der Waals surface area (Å²) in [5, 5.41) is 22.9. The summed E-state index contributed by atoms with van der Waals surface area (Å²) in [6.45, 7) is 3.92. The van der Waals surface area contributed by atoms with Gasteiger partial charge in [-0.3, -0.25) is 15.4 Å². The van der Waals surface area contributed by atoms with E-state index >= 15 is 0 Å². The molecule has 0 saturated heterocycles. The smallest absolute Gasteiger partial charge is 0.269 e. The minimum absolute atomic E-state index is 0.00609. The molecule has 0 fully saturated rings. The summed E-state index contributed by atoms with van der Waals surface area (Å²) in [5.41, 5.74) is 1.62. The van der Waals surface area contributed by atoms with Gasteiger partial charge in [0.2, 0.25) is 11.8 Å². The standard InChI is InChI=1S/C18H17ClN4O3/c1-11(15-5-3-4-6-16(15)19)20-12(2)17-21-22-18(26-17)13-7-9-14(10-8-13)23(24)25/h3-12,20H,1-2H3. The second-order valence-electron chi connectivity index (χ2n) is 5.88. The number of nitrogens with zero attached hydrogens (tertiary/aromatic N) is 3. The number of hydrogen-bond acceptors (Lipinski definition) is 6. The average molecular weight is 373 g/mol. The molecule has 2 aromatic carbocycles. The van der Waals surface area contributed by atoms with Crippen LogP contribution in [0.3, 0.4) is 0 Å².